The third-order valence-corrected chi connectivity index (χ3v) is 3.30. The van der Waals surface area contributed by atoms with Gasteiger partial charge in [-0.25, -0.2) is 0 Å². The zero-order chi connectivity index (χ0) is 12.7. The predicted molar refractivity (Wildman–Crippen MR) is 71.1 cm³/mol. The first kappa shape index (κ1) is 14.5. The highest BCUT2D eigenvalue weighted by Crippen LogP contribution is 2.24. The van der Waals surface area contributed by atoms with E-state index in [1.54, 1.807) is 7.11 Å². The molecule has 1 aliphatic rings. The molecule has 1 rings (SSSR count). The Labute approximate surface area is 106 Å². The third kappa shape index (κ3) is 5.09. The van der Waals surface area contributed by atoms with Gasteiger partial charge >= 0.3 is 0 Å². The molecule has 1 N–H and O–H groups in total. The molecule has 0 amide bonds. The zero-order valence-electron chi connectivity index (χ0n) is 11.7. The van der Waals surface area contributed by atoms with E-state index >= 15 is 0 Å². The first-order valence-electron chi connectivity index (χ1n) is 6.68. The van der Waals surface area contributed by atoms with Gasteiger partial charge in [-0.1, -0.05) is 6.92 Å². The molecule has 0 fully saturated rings. The zero-order valence-corrected chi connectivity index (χ0v) is 11.7. The predicted octanol–water partition coefficient (Wildman–Crippen LogP) is 2.86. The van der Waals surface area contributed by atoms with Crippen molar-refractivity contribution in [2.45, 2.75) is 58.1 Å². The van der Waals surface area contributed by atoms with Crippen molar-refractivity contribution in [3.8, 4) is 0 Å². The summed E-state index contributed by atoms with van der Waals surface area (Å²) in [6.45, 7) is 8.37. The highest BCUT2D eigenvalue weighted by Gasteiger charge is 2.25. The molecule has 1 aliphatic heterocycles. The van der Waals surface area contributed by atoms with Crippen LogP contribution in [0.15, 0.2) is 11.8 Å². The van der Waals surface area contributed by atoms with Gasteiger partial charge in [0, 0.05) is 13.2 Å². The van der Waals surface area contributed by atoms with Crippen LogP contribution in [-0.4, -0.2) is 31.9 Å². The van der Waals surface area contributed by atoms with Gasteiger partial charge in [-0.3, -0.25) is 0 Å². The minimum Gasteiger partial charge on any atom is -0.501 e. The molecule has 3 nitrogen and oxygen atoms in total. The van der Waals surface area contributed by atoms with Crippen LogP contribution in [0.2, 0.25) is 0 Å². The lowest BCUT2D eigenvalue weighted by molar-refractivity contribution is 0.00908. The number of hydrogen-bond donors (Lipinski definition) is 1. The van der Waals surface area contributed by atoms with Gasteiger partial charge in [0.1, 0.15) is 0 Å². The van der Waals surface area contributed by atoms with Crippen molar-refractivity contribution < 1.29 is 9.47 Å². The van der Waals surface area contributed by atoms with Gasteiger partial charge in [-0.15, -0.1) is 0 Å². The lowest BCUT2D eigenvalue weighted by Crippen LogP contribution is -2.39. The first-order valence-corrected chi connectivity index (χ1v) is 6.68. The van der Waals surface area contributed by atoms with Crippen molar-refractivity contribution in [1.29, 1.82) is 0 Å². The molecular weight excluding hydrogens is 214 g/mol. The van der Waals surface area contributed by atoms with E-state index < -0.39 is 0 Å². The molecule has 100 valence electrons. The molecule has 1 atom stereocenters. The summed E-state index contributed by atoms with van der Waals surface area (Å²) >= 11 is 0. The van der Waals surface area contributed by atoms with Crippen molar-refractivity contribution in [2.75, 3.05) is 20.3 Å². The number of ether oxygens (including phenoxy) is 2. The van der Waals surface area contributed by atoms with Crippen molar-refractivity contribution in [2.24, 2.45) is 0 Å². The monoisotopic (exact) mass is 241 g/mol. The maximum Gasteiger partial charge on any atom is 0.0876 e. The molecule has 3 heteroatoms. The minimum atomic E-state index is -0.0936. The molecule has 0 saturated heterocycles. The van der Waals surface area contributed by atoms with E-state index in [2.05, 4.69) is 26.1 Å². The van der Waals surface area contributed by atoms with E-state index in [0.717, 1.165) is 38.8 Å². The minimum absolute atomic E-state index is 0.0936. The average Bonchev–Trinajstić information content (AvgIpc) is 2.35. The summed E-state index contributed by atoms with van der Waals surface area (Å²) in [5.41, 5.74) is 1.29. The van der Waals surface area contributed by atoms with Crippen LogP contribution in [-0.2, 0) is 9.47 Å². The van der Waals surface area contributed by atoms with Gasteiger partial charge in [0.2, 0.25) is 0 Å². The Morgan fingerprint density at radius 1 is 1.53 bits per heavy atom. The largest absolute Gasteiger partial charge is 0.501 e. The van der Waals surface area contributed by atoms with Crippen LogP contribution in [0.25, 0.3) is 0 Å². The number of methoxy groups -OCH3 is 1. The van der Waals surface area contributed by atoms with Crippen molar-refractivity contribution in [3.63, 3.8) is 0 Å². The summed E-state index contributed by atoms with van der Waals surface area (Å²) in [5, 5.41) is 3.60. The van der Waals surface area contributed by atoms with E-state index in [0.29, 0.717) is 6.04 Å². The van der Waals surface area contributed by atoms with E-state index in [-0.39, 0.29) is 5.60 Å². The second-order valence-electron chi connectivity index (χ2n) is 5.34. The van der Waals surface area contributed by atoms with Gasteiger partial charge < -0.3 is 14.8 Å². The molecule has 0 aliphatic carbocycles. The Morgan fingerprint density at radius 2 is 2.29 bits per heavy atom. The van der Waals surface area contributed by atoms with Crippen molar-refractivity contribution >= 4 is 0 Å². The van der Waals surface area contributed by atoms with Crippen LogP contribution in [0.1, 0.15) is 46.5 Å². The van der Waals surface area contributed by atoms with Crippen LogP contribution in [0.5, 0.6) is 0 Å². The van der Waals surface area contributed by atoms with Crippen LogP contribution in [0.3, 0.4) is 0 Å². The van der Waals surface area contributed by atoms with Crippen LogP contribution >= 0.6 is 0 Å². The SMILES string of the molecule is CCCNC(CC(C)(C)OC)C1=COCCC1. The number of nitrogens with one attached hydrogen (secondary N) is 1. The summed E-state index contributed by atoms with van der Waals surface area (Å²) in [5.74, 6) is 0. The fourth-order valence-electron chi connectivity index (χ4n) is 2.07. The fraction of sp³-hybridized carbons (Fsp3) is 0.857. The van der Waals surface area contributed by atoms with Crippen LogP contribution in [0.4, 0.5) is 0 Å². The quantitative estimate of drug-likeness (QED) is 0.743. The van der Waals surface area contributed by atoms with E-state index in [4.69, 9.17) is 9.47 Å². The fourth-order valence-corrected chi connectivity index (χ4v) is 2.07. The van der Waals surface area contributed by atoms with Crippen LogP contribution in [0, 0.1) is 0 Å². The standard InChI is InChI=1S/C14H27NO2/c1-5-8-15-13(10-14(2,3)16-4)12-7-6-9-17-11-12/h11,13,15H,5-10H2,1-4H3. The van der Waals surface area contributed by atoms with Gasteiger partial charge in [-0.2, -0.15) is 0 Å². The van der Waals surface area contributed by atoms with Gasteiger partial charge in [0.15, 0.2) is 0 Å². The summed E-state index contributed by atoms with van der Waals surface area (Å²) in [7, 11) is 1.78. The number of rotatable bonds is 7. The summed E-state index contributed by atoms with van der Waals surface area (Å²) in [6.07, 6.45) is 6.35. The molecule has 1 heterocycles. The Bertz CT molecular complexity index is 249. The molecular formula is C14H27NO2. The Hall–Kier alpha value is -0.540. The average molecular weight is 241 g/mol. The third-order valence-electron chi connectivity index (χ3n) is 3.30. The van der Waals surface area contributed by atoms with Gasteiger partial charge in [0.05, 0.1) is 18.5 Å². The molecule has 0 radical (unpaired) electrons. The smallest absolute Gasteiger partial charge is 0.0876 e. The maximum absolute atomic E-state index is 5.53. The second-order valence-corrected chi connectivity index (χ2v) is 5.34. The first-order chi connectivity index (χ1) is 8.09. The molecule has 0 bridgehead atoms. The second kappa shape index (κ2) is 7.02. The van der Waals surface area contributed by atoms with Crippen molar-refractivity contribution in [3.05, 3.63) is 11.8 Å². The lowest BCUT2D eigenvalue weighted by atomic mass is 9.91. The summed E-state index contributed by atoms with van der Waals surface area (Å²) in [6, 6.07) is 0.380. The Morgan fingerprint density at radius 3 is 2.82 bits per heavy atom. The Balaban J connectivity index is 2.62. The Kier molecular flexibility index (Phi) is 6.00. The highest BCUT2D eigenvalue weighted by atomic mass is 16.5. The molecule has 0 aromatic heterocycles. The maximum atomic E-state index is 5.53. The van der Waals surface area contributed by atoms with Crippen molar-refractivity contribution in [1.82, 2.24) is 5.32 Å². The van der Waals surface area contributed by atoms with Gasteiger partial charge in [0.25, 0.3) is 0 Å². The highest BCUT2D eigenvalue weighted by molar-refractivity contribution is 5.11. The van der Waals surface area contributed by atoms with E-state index in [1.807, 2.05) is 6.26 Å². The number of hydrogen-bond acceptors (Lipinski definition) is 3. The van der Waals surface area contributed by atoms with Crippen LogP contribution < -0.4 is 5.32 Å². The molecule has 0 spiro atoms. The summed E-state index contributed by atoms with van der Waals surface area (Å²) < 4.78 is 11.0. The van der Waals surface area contributed by atoms with Gasteiger partial charge in [-0.05, 0) is 51.6 Å². The lowest BCUT2D eigenvalue weighted by Gasteiger charge is -2.31. The molecule has 1 unspecified atom stereocenters. The topological polar surface area (TPSA) is 30.5 Å². The molecule has 0 saturated carbocycles. The summed E-state index contributed by atoms with van der Waals surface area (Å²) in [4.78, 5) is 0. The van der Waals surface area contributed by atoms with E-state index in [1.165, 1.54) is 5.57 Å². The molecule has 0 aromatic carbocycles. The normalized spacial score (nSPS) is 18.5. The molecule has 0 aromatic rings. The molecule has 17 heavy (non-hydrogen) atoms. The van der Waals surface area contributed by atoms with E-state index in [9.17, 15) is 0 Å².